The lowest BCUT2D eigenvalue weighted by atomic mass is 10.1. The van der Waals surface area contributed by atoms with E-state index in [0.717, 1.165) is 16.8 Å². The van der Waals surface area contributed by atoms with Gasteiger partial charge in [-0.25, -0.2) is 9.97 Å². The fourth-order valence-corrected chi connectivity index (χ4v) is 1.86. The van der Waals surface area contributed by atoms with E-state index in [9.17, 15) is 0 Å². The highest BCUT2D eigenvalue weighted by Crippen LogP contribution is 2.24. The lowest BCUT2D eigenvalue weighted by Crippen LogP contribution is -1.83. The van der Waals surface area contributed by atoms with Crippen LogP contribution >= 0.6 is 15.9 Å². The summed E-state index contributed by atoms with van der Waals surface area (Å²) in [4.78, 5) is 8.55. The molecule has 3 rings (SSSR count). The van der Waals surface area contributed by atoms with Crippen LogP contribution in [0.25, 0.3) is 22.4 Å². The number of hydrogen-bond donors (Lipinski definition) is 1. The van der Waals surface area contributed by atoms with Crippen molar-refractivity contribution in [3.8, 4) is 11.3 Å². The number of nitrogens with one attached hydrogen (secondary N) is 1. The quantitative estimate of drug-likeness (QED) is 0.743. The Balaban J connectivity index is 2.29. The van der Waals surface area contributed by atoms with Crippen LogP contribution in [0.2, 0.25) is 0 Å². The number of halogens is 1. The van der Waals surface area contributed by atoms with E-state index in [1.807, 2.05) is 30.3 Å². The fourth-order valence-electron chi connectivity index (χ4n) is 1.58. The second kappa shape index (κ2) is 3.68. The van der Waals surface area contributed by atoms with Crippen molar-refractivity contribution in [2.75, 3.05) is 0 Å². The van der Waals surface area contributed by atoms with Gasteiger partial charge in [-0.2, -0.15) is 5.10 Å². The zero-order chi connectivity index (χ0) is 11.0. The minimum Gasteiger partial charge on any atom is -0.273 e. The lowest BCUT2D eigenvalue weighted by molar-refractivity contribution is 1.10. The van der Waals surface area contributed by atoms with Crippen molar-refractivity contribution in [3.63, 3.8) is 0 Å². The molecular weight excluding hydrogens is 268 g/mol. The Morgan fingerprint density at radius 3 is 2.75 bits per heavy atom. The second-order valence-electron chi connectivity index (χ2n) is 3.33. The molecule has 1 aromatic carbocycles. The maximum atomic E-state index is 4.37. The summed E-state index contributed by atoms with van der Waals surface area (Å²) in [7, 11) is 0. The Morgan fingerprint density at radius 1 is 1.12 bits per heavy atom. The van der Waals surface area contributed by atoms with Gasteiger partial charge in [-0.1, -0.05) is 30.3 Å². The molecule has 2 heterocycles. The molecule has 4 nitrogen and oxygen atoms in total. The van der Waals surface area contributed by atoms with Crippen LogP contribution in [0.1, 0.15) is 0 Å². The van der Waals surface area contributed by atoms with Crippen molar-refractivity contribution >= 4 is 27.1 Å². The van der Waals surface area contributed by atoms with E-state index in [1.54, 1.807) is 6.20 Å². The van der Waals surface area contributed by atoms with Crippen molar-refractivity contribution in [2.45, 2.75) is 0 Å². The van der Waals surface area contributed by atoms with Crippen molar-refractivity contribution in [2.24, 2.45) is 0 Å². The van der Waals surface area contributed by atoms with E-state index in [2.05, 4.69) is 36.1 Å². The molecule has 0 saturated heterocycles. The molecule has 0 fully saturated rings. The van der Waals surface area contributed by atoms with E-state index in [-0.39, 0.29) is 0 Å². The number of aromatic nitrogens is 4. The van der Waals surface area contributed by atoms with Gasteiger partial charge in [-0.3, -0.25) is 5.10 Å². The number of H-pyrrole nitrogens is 1. The third kappa shape index (κ3) is 1.49. The molecule has 0 saturated carbocycles. The molecule has 0 radical (unpaired) electrons. The molecule has 0 aliphatic heterocycles. The maximum Gasteiger partial charge on any atom is 0.200 e. The first-order chi connectivity index (χ1) is 7.84. The summed E-state index contributed by atoms with van der Waals surface area (Å²) in [6, 6.07) is 9.95. The molecule has 5 heteroatoms. The van der Waals surface area contributed by atoms with Crippen LogP contribution in [0.4, 0.5) is 0 Å². The largest absolute Gasteiger partial charge is 0.273 e. The summed E-state index contributed by atoms with van der Waals surface area (Å²) < 4.78 is 0.707. The number of nitrogens with zero attached hydrogens (tertiary/aromatic N) is 3. The van der Waals surface area contributed by atoms with Gasteiger partial charge in [0.1, 0.15) is 10.1 Å². The van der Waals surface area contributed by atoms with Crippen LogP contribution in [0, 0.1) is 0 Å². The van der Waals surface area contributed by atoms with Crippen LogP contribution in [0.15, 0.2) is 41.1 Å². The van der Waals surface area contributed by atoms with Gasteiger partial charge in [0.15, 0.2) is 5.65 Å². The first-order valence-corrected chi connectivity index (χ1v) is 5.56. The summed E-state index contributed by atoms with van der Waals surface area (Å²) in [6.07, 6.45) is 1.64. The van der Waals surface area contributed by atoms with Crippen LogP contribution in [0.3, 0.4) is 0 Å². The normalized spacial score (nSPS) is 10.8. The smallest absolute Gasteiger partial charge is 0.200 e. The molecule has 1 N–H and O–H groups in total. The zero-order valence-corrected chi connectivity index (χ0v) is 9.77. The van der Waals surface area contributed by atoms with Gasteiger partial charge in [-0.15, -0.1) is 0 Å². The minimum atomic E-state index is 0.627. The van der Waals surface area contributed by atoms with E-state index in [4.69, 9.17) is 0 Å². The molecule has 16 heavy (non-hydrogen) atoms. The summed E-state index contributed by atoms with van der Waals surface area (Å²) >= 11 is 3.31. The van der Waals surface area contributed by atoms with Crippen molar-refractivity contribution in [1.82, 2.24) is 20.2 Å². The number of rotatable bonds is 1. The number of benzene rings is 1. The molecule has 0 aliphatic carbocycles. The Bertz CT molecular complexity index is 633. The van der Waals surface area contributed by atoms with Crippen LogP contribution in [-0.4, -0.2) is 20.2 Å². The fraction of sp³-hybridized carbons (Fsp3) is 0. The topological polar surface area (TPSA) is 54.5 Å². The molecule has 0 unspecified atom stereocenters. The Morgan fingerprint density at radius 2 is 1.94 bits per heavy atom. The molecular formula is C11H7BrN4. The molecule has 0 aliphatic rings. The standard InChI is InChI=1S/C11H7BrN4/c12-8-6-13-11-10(14-8)9(15-16-11)7-4-2-1-3-5-7/h1-6H,(H,13,15,16). The average molecular weight is 275 g/mol. The van der Waals surface area contributed by atoms with Crippen LogP contribution in [-0.2, 0) is 0 Å². The number of hydrogen-bond acceptors (Lipinski definition) is 3. The van der Waals surface area contributed by atoms with Crippen LogP contribution < -0.4 is 0 Å². The summed E-state index contributed by atoms with van der Waals surface area (Å²) in [6.45, 7) is 0. The molecule has 0 amide bonds. The molecule has 0 atom stereocenters. The lowest BCUT2D eigenvalue weighted by Gasteiger charge is -1.96. The minimum absolute atomic E-state index is 0.627. The predicted molar refractivity (Wildman–Crippen MR) is 64.8 cm³/mol. The monoisotopic (exact) mass is 274 g/mol. The van der Waals surface area contributed by atoms with Crippen LogP contribution in [0.5, 0.6) is 0 Å². The Labute approximate surface area is 99.9 Å². The van der Waals surface area contributed by atoms with Crippen molar-refractivity contribution in [3.05, 3.63) is 41.1 Å². The zero-order valence-electron chi connectivity index (χ0n) is 8.18. The predicted octanol–water partition coefficient (Wildman–Crippen LogP) is 2.78. The van der Waals surface area contributed by atoms with Crippen molar-refractivity contribution < 1.29 is 0 Å². The average Bonchev–Trinajstić information content (AvgIpc) is 2.73. The van der Waals surface area contributed by atoms with E-state index in [1.165, 1.54) is 0 Å². The Kier molecular flexibility index (Phi) is 2.18. The van der Waals surface area contributed by atoms with E-state index >= 15 is 0 Å². The van der Waals surface area contributed by atoms with Crippen molar-refractivity contribution in [1.29, 1.82) is 0 Å². The maximum absolute atomic E-state index is 4.37. The van der Waals surface area contributed by atoms with Gasteiger partial charge in [0.25, 0.3) is 0 Å². The number of fused-ring (bicyclic) bond motifs is 1. The van der Waals surface area contributed by atoms with E-state index in [0.29, 0.717) is 10.3 Å². The summed E-state index contributed by atoms with van der Waals surface area (Å²) in [5.74, 6) is 0. The third-order valence-corrected chi connectivity index (χ3v) is 2.68. The van der Waals surface area contributed by atoms with Gasteiger partial charge in [-0.05, 0) is 15.9 Å². The summed E-state index contributed by atoms with van der Waals surface area (Å²) in [5, 5.41) is 7.08. The van der Waals surface area contributed by atoms with Gasteiger partial charge in [0.05, 0.1) is 11.9 Å². The molecule has 78 valence electrons. The number of aromatic amines is 1. The highest BCUT2D eigenvalue weighted by molar-refractivity contribution is 9.10. The summed E-state index contributed by atoms with van der Waals surface area (Å²) in [5.41, 5.74) is 3.35. The van der Waals surface area contributed by atoms with Gasteiger partial charge >= 0.3 is 0 Å². The molecule has 0 spiro atoms. The van der Waals surface area contributed by atoms with E-state index < -0.39 is 0 Å². The molecule has 0 bridgehead atoms. The first-order valence-electron chi connectivity index (χ1n) is 4.76. The van der Waals surface area contributed by atoms with Gasteiger partial charge in [0, 0.05) is 5.56 Å². The molecule has 2 aromatic heterocycles. The highest BCUT2D eigenvalue weighted by Gasteiger charge is 2.09. The first kappa shape index (κ1) is 9.47. The Hall–Kier alpha value is -1.75. The SMILES string of the molecule is Brc1cnc2n[nH]c(-c3ccccc3)c2n1. The van der Waals surface area contributed by atoms with Gasteiger partial charge < -0.3 is 0 Å². The second-order valence-corrected chi connectivity index (χ2v) is 4.14. The highest BCUT2D eigenvalue weighted by atomic mass is 79.9. The molecule has 3 aromatic rings. The van der Waals surface area contributed by atoms with Gasteiger partial charge in [0.2, 0.25) is 0 Å². The third-order valence-electron chi connectivity index (χ3n) is 2.30.